The molecule has 88 valence electrons. The summed E-state index contributed by atoms with van der Waals surface area (Å²) in [6.07, 6.45) is 5.23. The average Bonchev–Trinajstić information content (AvgIpc) is 2.68. The minimum absolute atomic E-state index is 0.235. The van der Waals surface area contributed by atoms with Gasteiger partial charge in [-0.15, -0.1) is 0 Å². The zero-order chi connectivity index (χ0) is 10.9. The van der Waals surface area contributed by atoms with Crippen molar-refractivity contribution in [2.24, 2.45) is 35.3 Å². The summed E-state index contributed by atoms with van der Waals surface area (Å²) in [6.45, 7) is 1.72. The molecule has 4 aliphatic rings. The second-order valence-corrected chi connectivity index (χ2v) is 6.35. The highest BCUT2D eigenvalue weighted by Crippen LogP contribution is 2.69. The highest BCUT2D eigenvalue weighted by atomic mass is 16.2. The maximum Gasteiger partial charge on any atom is 0.226 e. The van der Waals surface area contributed by atoms with Gasteiger partial charge in [0, 0.05) is 25.0 Å². The molecule has 3 aliphatic carbocycles. The average molecular weight is 220 g/mol. The second kappa shape index (κ2) is 3.00. The van der Waals surface area contributed by atoms with Gasteiger partial charge in [0.2, 0.25) is 5.91 Å². The van der Waals surface area contributed by atoms with Crippen molar-refractivity contribution in [2.75, 3.05) is 13.1 Å². The van der Waals surface area contributed by atoms with Crippen molar-refractivity contribution in [3.05, 3.63) is 0 Å². The lowest BCUT2D eigenvalue weighted by Gasteiger charge is -2.18. The molecule has 16 heavy (non-hydrogen) atoms. The van der Waals surface area contributed by atoms with Gasteiger partial charge in [0.25, 0.3) is 0 Å². The fourth-order valence-electron chi connectivity index (χ4n) is 4.85. The third-order valence-electron chi connectivity index (χ3n) is 5.56. The van der Waals surface area contributed by atoms with E-state index in [1.54, 1.807) is 0 Å². The zero-order valence-electron chi connectivity index (χ0n) is 9.64. The number of amides is 1. The van der Waals surface area contributed by atoms with E-state index < -0.39 is 0 Å². The summed E-state index contributed by atoms with van der Waals surface area (Å²) in [7, 11) is 0. The molecule has 5 atom stereocenters. The van der Waals surface area contributed by atoms with E-state index in [-0.39, 0.29) is 6.04 Å². The molecule has 0 aromatic heterocycles. The van der Waals surface area contributed by atoms with Crippen LogP contribution in [0.4, 0.5) is 0 Å². The molecular formula is C13H20N2O. The van der Waals surface area contributed by atoms with Crippen LogP contribution in [0.15, 0.2) is 0 Å². The van der Waals surface area contributed by atoms with Gasteiger partial charge in [0.1, 0.15) is 0 Å². The zero-order valence-corrected chi connectivity index (χ0v) is 9.64. The first-order chi connectivity index (χ1) is 7.75. The van der Waals surface area contributed by atoms with Crippen LogP contribution in [0.3, 0.4) is 0 Å². The molecule has 5 unspecified atom stereocenters. The van der Waals surface area contributed by atoms with Gasteiger partial charge in [-0.1, -0.05) is 0 Å². The summed E-state index contributed by atoms with van der Waals surface area (Å²) in [5.41, 5.74) is 5.87. The van der Waals surface area contributed by atoms with E-state index >= 15 is 0 Å². The van der Waals surface area contributed by atoms with E-state index in [2.05, 4.69) is 0 Å². The molecule has 4 rings (SSSR count). The topological polar surface area (TPSA) is 46.3 Å². The molecule has 1 aliphatic heterocycles. The molecule has 0 spiro atoms. The first-order valence-electron chi connectivity index (χ1n) is 6.80. The fourth-order valence-corrected chi connectivity index (χ4v) is 4.85. The minimum atomic E-state index is 0.235. The highest BCUT2D eigenvalue weighted by molar-refractivity contribution is 5.83. The lowest BCUT2D eigenvalue weighted by Crippen LogP contribution is -2.34. The van der Waals surface area contributed by atoms with Crippen LogP contribution in [-0.2, 0) is 4.79 Å². The standard InChI is InChI=1S/C13H20N2O/c14-9-3-4-15(6-9)13(16)12-10-7-1-2-8(5-7)11(10)12/h7-12H,1-6,14H2. The molecule has 4 fully saturated rings. The third kappa shape index (κ3) is 1.10. The maximum absolute atomic E-state index is 12.4. The molecule has 1 saturated heterocycles. The van der Waals surface area contributed by atoms with Crippen LogP contribution >= 0.6 is 0 Å². The second-order valence-electron chi connectivity index (χ2n) is 6.35. The van der Waals surface area contributed by atoms with E-state index in [0.29, 0.717) is 11.8 Å². The van der Waals surface area contributed by atoms with E-state index in [9.17, 15) is 4.79 Å². The molecule has 3 heteroatoms. The summed E-state index contributed by atoms with van der Waals surface area (Å²) in [6, 6.07) is 0.235. The Kier molecular flexibility index (Phi) is 1.78. The Labute approximate surface area is 96.4 Å². The van der Waals surface area contributed by atoms with Gasteiger partial charge in [-0.2, -0.15) is 0 Å². The Morgan fingerprint density at radius 1 is 1.12 bits per heavy atom. The van der Waals surface area contributed by atoms with Crippen LogP contribution in [0, 0.1) is 29.6 Å². The monoisotopic (exact) mass is 220 g/mol. The predicted molar refractivity (Wildman–Crippen MR) is 60.5 cm³/mol. The van der Waals surface area contributed by atoms with Gasteiger partial charge in [-0.25, -0.2) is 0 Å². The van der Waals surface area contributed by atoms with Crippen molar-refractivity contribution >= 4 is 5.91 Å². The van der Waals surface area contributed by atoms with Crippen molar-refractivity contribution < 1.29 is 4.79 Å². The quantitative estimate of drug-likeness (QED) is 0.711. The van der Waals surface area contributed by atoms with E-state index in [4.69, 9.17) is 5.73 Å². The number of nitrogens with two attached hydrogens (primary N) is 1. The Hall–Kier alpha value is -0.570. The van der Waals surface area contributed by atoms with E-state index in [1.807, 2.05) is 4.90 Å². The van der Waals surface area contributed by atoms with Gasteiger partial charge in [0.05, 0.1) is 0 Å². The number of rotatable bonds is 1. The van der Waals surface area contributed by atoms with Crippen molar-refractivity contribution in [2.45, 2.75) is 31.7 Å². The molecule has 1 heterocycles. The number of hydrogen-bond acceptors (Lipinski definition) is 2. The van der Waals surface area contributed by atoms with Crippen LogP contribution in [0.2, 0.25) is 0 Å². The Morgan fingerprint density at radius 2 is 1.81 bits per heavy atom. The smallest absolute Gasteiger partial charge is 0.226 e. The number of hydrogen-bond donors (Lipinski definition) is 1. The van der Waals surface area contributed by atoms with Crippen molar-refractivity contribution in [1.82, 2.24) is 4.90 Å². The predicted octanol–water partition coefficient (Wildman–Crippen LogP) is 0.838. The van der Waals surface area contributed by atoms with Crippen LogP contribution < -0.4 is 5.73 Å². The summed E-state index contributed by atoms with van der Waals surface area (Å²) >= 11 is 0. The van der Waals surface area contributed by atoms with E-state index in [0.717, 1.165) is 43.2 Å². The molecule has 0 radical (unpaired) electrons. The molecule has 3 saturated carbocycles. The largest absolute Gasteiger partial charge is 0.341 e. The summed E-state index contributed by atoms with van der Waals surface area (Å²) in [5.74, 6) is 4.22. The Morgan fingerprint density at radius 3 is 2.38 bits per heavy atom. The molecule has 1 amide bonds. The van der Waals surface area contributed by atoms with Gasteiger partial charge >= 0.3 is 0 Å². The Balaban J connectivity index is 1.47. The first kappa shape index (κ1) is 9.46. The molecule has 2 N–H and O–H groups in total. The molecule has 0 aromatic rings. The first-order valence-corrected chi connectivity index (χ1v) is 6.80. The lowest BCUT2D eigenvalue weighted by molar-refractivity contribution is -0.132. The normalized spacial score (nSPS) is 53.2. The third-order valence-corrected chi connectivity index (χ3v) is 5.56. The number of fused-ring (bicyclic) bond motifs is 5. The van der Waals surface area contributed by atoms with Gasteiger partial charge < -0.3 is 10.6 Å². The molecule has 2 bridgehead atoms. The van der Waals surface area contributed by atoms with Crippen LogP contribution in [0.1, 0.15) is 25.7 Å². The van der Waals surface area contributed by atoms with Gasteiger partial charge in [0.15, 0.2) is 0 Å². The summed E-state index contributed by atoms with van der Waals surface area (Å²) < 4.78 is 0. The lowest BCUT2D eigenvalue weighted by atomic mass is 10.0. The number of likely N-dealkylation sites (tertiary alicyclic amines) is 1. The number of carbonyl (C=O) groups excluding carboxylic acids is 1. The van der Waals surface area contributed by atoms with Crippen molar-refractivity contribution in [3.8, 4) is 0 Å². The fraction of sp³-hybridized carbons (Fsp3) is 0.923. The highest BCUT2D eigenvalue weighted by Gasteiger charge is 2.68. The van der Waals surface area contributed by atoms with Crippen LogP contribution in [0.5, 0.6) is 0 Å². The minimum Gasteiger partial charge on any atom is -0.341 e. The SMILES string of the molecule is NC1CCN(C(=O)C2C3C4CCC(C4)C23)C1. The molecule has 0 aromatic carbocycles. The Bertz CT molecular complexity index is 327. The van der Waals surface area contributed by atoms with Crippen LogP contribution in [-0.4, -0.2) is 29.9 Å². The maximum atomic E-state index is 12.4. The van der Waals surface area contributed by atoms with Crippen LogP contribution in [0.25, 0.3) is 0 Å². The number of nitrogens with zero attached hydrogens (tertiary/aromatic N) is 1. The van der Waals surface area contributed by atoms with Crippen molar-refractivity contribution in [3.63, 3.8) is 0 Å². The molecular weight excluding hydrogens is 200 g/mol. The summed E-state index contributed by atoms with van der Waals surface area (Å²) in [5, 5.41) is 0. The number of carbonyl (C=O) groups is 1. The molecule has 3 nitrogen and oxygen atoms in total. The van der Waals surface area contributed by atoms with Gasteiger partial charge in [-0.05, 0) is 49.4 Å². The van der Waals surface area contributed by atoms with E-state index in [1.165, 1.54) is 19.3 Å². The summed E-state index contributed by atoms with van der Waals surface area (Å²) in [4.78, 5) is 14.4. The van der Waals surface area contributed by atoms with Gasteiger partial charge in [-0.3, -0.25) is 4.79 Å². The van der Waals surface area contributed by atoms with Crippen molar-refractivity contribution in [1.29, 1.82) is 0 Å².